The van der Waals surface area contributed by atoms with Crippen molar-refractivity contribution in [3.63, 3.8) is 0 Å². The van der Waals surface area contributed by atoms with Crippen LogP contribution in [0.25, 0.3) is 5.69 Å². The van der Waals surface area contributed by atoms with Crippen LogP contribution in [0.3, 0.4) is 0 Å². The molecule has 0 aliphatic carbocycles. The Morgan fingerprint density at radius 2 is 1.61 bits per heavy atom. The minimum absolute atomic E-state index is 0.0465. The Bertz CT molecular complexity index is 1710. The second-order valence-electron chi connectivity index (χ2n) is 9.94. The minimum atomic E-state index is -4.11. The van der Waals surface area contributed by atoms with Gasteiger partial charge in [-0.05, 0) is 94.3 Å². The van der Waals surface area contributed by atoms with Crippen molar-refractivity contribution in [1.29, 1.82) is 0 Å². The van der Waals surface area contributed by atoms with E-state index in [1.807, 2.05) is 26.8 Å². The molecule has 10 heteroatoms. The van der Waals surface area contributed by atoms with E-state index in [1.165, 1.54) is 42.5 Å². The zero-order chi connectivity index (χ0) is 29.9. The topological polar surface area (TPSA) is 93.0 Å². The van der Waals surface area contributed by atoms with E-state index in [-0.39, 0.29) is 15.6 Å². The molecule has 0 saturated carbocycles. The summed E-state index contributed by atoms with van der Waals surface area (Å²) < 4.78 is 35.6. The number of aryl methyl sites for hydroxylation is 4. The number of halogens is 1. The Kier molecular flexibility index (Phi) is 8.89. The highest BCUT2D eigenvalue weighted by Gasteiger charge is 2.28. The van der Waals surface area contributed by atoms with Crippen LogP contribution in [0, 0.1) is 34.6 Å². The summed E-state index contributed by atoms with van der Waals surface area (Å²) in [4.78, 5) is 13.1. The van der Waals surface area contributed by atoms with Crippen molar-refractivity contribution in [3.05, 3.63) is 105 Å². The van der Waals surface area contributed by atoms with Crippen molar-refractivity contribution < 1.29 is 17.9 Å². The number of carbonyl (C=O) groups is 1. The maximum absolute atomic E-state index is 13.6. The fourth-order valence-electron chi connectivity index (χ4n) is 4.70. The van der Waals surface area contributed by atoms with Gasteiger partial charge in [0, 0.05) is 22.6 Å². The summed E-state index contributed by atoms with van der Waals surface area (Å²) in [5, 5.41) is 4.35. The molecule has 8 nitrogen and oxygen atoms in total. The van der Waals surface area contributed by atoms with Gasteiger partial charge >= 0.3 is 0 Å². The highest BCUT2D eigenvalue weighted by Crippen LogP contribution is 2.32. The Morgan fingerprint density at radius 1 is 0.951 bits per heavy atom. The third-order valence-electron chi connectivity index (χ3n) is 6.65. The summed E-state index contributed by atoms with van der Waals surface area (Å²) in [6, 6.07) is 19.3. The van der Waals surface area contributed by atoms with E-state index in [9.17, 15) is 13.2 Å². The molecule has 0 radical (unpaired) electrons. The maximum atomic E-state index is 13.6. The summed E-state index contributed by atoms with van der Waals surface area (Å²) in [7, 11) is -2.64. The highest BCUT2D eigenvalue weighted by molar-refractivity contribution is 7.92. The normalized spacial score (nSPS) is 11.6. The number of amides is 1. The lowest BCUT2D eigenvalue weighted by molar-refractivity contribution is -0.119. The standard InChI is InChI=1S/C31H33ClN4O4S/c1-20-7-10-28(11-8-20)41(38,39)35(26-9-12-30(40-6)29(32)17-26)19-31(37)34-33-18-25-16-23(4)36(24(25)5)27-14-21(2)13-22(3)15-27/h7-18H,19H2,1-6H3,(H,34,37)/b33-18-. The molecule has 4 rings (SSSR count). The molecule has 1 aromatic heterocycles. The van der Waals surface area contributed by atoms with Gasteiger partial charge in [-0.2, -0.15) is 5.10 Å². The molecular formula is C31H33ClN4O4S. The summed E-state index contributed by atoms with van der Waals surface area (Å²) in [6.45, 7) is 9.46. The number of benzene rings is 3. The summed E-state index contributed by atoms with van der Waals surface area (Å²) >= 11 is 6.30. The van der Waals surface area contributed by atoms with E-state index in [1.54, 1.807) is 24.4 Å². The second kappa shape index (κ2) is 12.2. The molecule has 0 saturated heterocycles. The van der Waals surface area contributed by atoms with Gasteiger partial charge in [0.05, 0.1) is 28.9 Å². The van der Waals surface area contributed by atoms with E-state index >= 15 is 0 Å². The molecular weight excluding hydrogens is 560 g/mol. The van der Waals surface area contributed by atoms with Crippen molar-refractivity contribution >= 4 is 39.4 Å². The fraction of sp³-hybridized carbons (Fsp3) is 0.226. The summed E-state index contributed by atoms with van der Waals surface area (Å²) in [5.74, 6) is -0.234. The van der Waals surface area contributed by atoms with Gasteiger partial charge < -0.3 is 9.30 Å². The van der Waals surface area contributed by atoms with Gasteiger partial charge in [0.25, 0.3) is 15.9 Å². The number of anilines is 1. The third kappa shape index (κ3) is 6.64. The van der Waals surface area contributed by atoms with Crippen molar-refractivity contribution in [2.24, 2.45) is 5.10 Å². The maximum Gasteiger partial charge on any atom is 0.264 e. The Hall–Kier alpha value is -4.08. The predicted molar refractivity (Wildman–Crippen MR) is 164 cm³/mol. The SMILES string of the molecule is COc1ccc(N(CC(=O)N/N=C\c2cc(C)n(-c3cc(C)cc(C)c3)c2C)S(=O)(=O)c2ccc(C)cc2)cc1Cl. The lowest BCUT2D eigenvalue weighted by Gasteiger charge is -2.24. The van der Waals surface area contributed by atoms with Crippen molar-refractivity contribution in [3.8, 4) is 11.4 Å². The van der Waals surface area contributed by atoms with Crippen LogP contribution >= 0.6 is 11.6 Å². The van der Waals surface area contributed by atoms with Crippen LogP contribution < -0.4 is 14.5 Å². The molecule has 1 N–H and O–H groups in total. The molecule has 0 aliphatic rings. The van der Waals surface area contributed by atoms with Crippen LogP contribution in [0.2, 0.25) is 5.02 Å². The number of carbonyl (C=O) groups excluding carboxylic acids is 1. The molecule has 4 aromatic rings. The number of nitrogens with zero attached hydrogens (tertiary/aromatic N) is 3. The van der Waals surface area contributed by atoms with E-state index < -0.39 is 22.5 Å². The van der Waals surface area contributed by atoms with Crippen LogP contribution in [-0.4, -0.2) is 38.8 Å². The minimum Gasteiger partial charge on any atom is -0.495 e. The molecule has 41 heavy (non-hydrogen) atoms. The van der Waals surface area contributed by atoms with Gasteiger partial charge in [0.15, 0.2) is 0 Å². The van der Waals surface area contributed by atoms with E-state index in [0.29, 0.717) is 5.75 Å². The number of nitrogens with one attached hydrogen (secondary N) is 1. The number of hydrogen-bond donors (Lipinski definition) is 1. The molecule has 0 aliphatic heterocycles. The number of sulfonamides is 1. The smallest absolute Gasteiger partial charge is 0.264 e. The van der Waals surface area contributed by atoms with Crippen LogP contribution in [0.5, 0.6) is 5.75 Å². The molecule has 1 heterocycles. The average molecular weight is 593 g/mol. The molecule has 0 atom stereocenters. The number of ether oxygens (including phenoxy) is 1. The van der Waals surface area contributed by atoms with Crippen molar-refractivity contribution in [2.45, 2.75) is 39.5 Å². The monoisotopic (exact) mass is 592 g/mol. The molecule has 0 bridgehead atoms. The van der Waals surface area contributed by atoms with Crippen LogP contribution in [-0.2, 0) is 14.8 Å². The number of hydrogen-bond acceptors (Lipinski definition) is 5. The van der Waals surface area contributed by atoms with Crippen molar-refractivity contribution in [2.75, 3.05) is 18.0 Å². The number of hydrazone groups is 1. The van der Waals surface area contributed by atoms with Gasteiger partial charge in [-0.3, -0.25) is 9.10 Å². The van der Waals surface area contributed by atoms with Crippen LogP contribution in [0.15, 0.2) is 76.7 Å². The molecule has 0 spiro atoms. The first-order chi connectivity index (χ1) is 19.4. The highest BCUT2D eigenvalue weighted by atomic mass is 35.5. The number of rotatable bonds is 9. The largest absolute Gasteiger partial charge is 0.495 e. The first-order valence-corrected chi connectivity index (χ1v) is 14.7. The molecule has 3 aromatic carbocycles. The van der Waals surface area contributed by atoms with E-state index in [2.05, 4.69) is 47.1 Å². The summed E-state index contributed by atoms with van der Waals surface area (Å²) in [5.41, 5.74) is 9.79. The van der Waals surface area contributed by atoms with E-state index in [4.69, 9.17) is 16.3 Å². The molecule has 0 fully saturated rings. The van der Waals surface area contributed by atoms with Crippen molar-refractivity contribution in [1.82, 2.24) is 9.99 Å². The van der Waals surface area contributed by atoms with Gasteiger partial charge in [-0.15, -0.1) is 0 Å². The first kappa shape index (κ1) is 29.9. The van der Waals surface area contributed by atoms with E-state index in [0.717, 1.165) is 32.5 Å². The average Bonchev–Trinajstić information content (AvgIpc) is 3.19. The molecule has 1 amide bonds. The van der Waals surface area contributed by atoms with Gasteiger partial charge in [0.2, 0.25) is 0 Å². The number of methoxy groups -OCH3 is 1. The Morgan fingerprint density at radius 3 is 2.22 bits per heavy atom. The molecule has 214 valence electrons. The zero-order valence-electron chi connectivity index (χ0n) is 23.9. The van der Waals surface area contributed by atoms with Gasteiger partial charge in [-0.1, -0.05) is 35.4 Å². The first-order valence-electron chi connectivity index (χ1n) is 12.9. The summed E-state index contributed by atoms with van der Waals surface area (Å²) in [6.07, 6.45) is 1.56. The zero-order valence-corrected chi connectivity index (χ0v) is 25.5. The number of aromatic nitrogens is 1. The van der Waals surface area contributed by atoms with Crippen LogP contribution in [0.4, 0.5) is 5.69 Å². The Balaban J connectivity index is 1.59. The second-order valence-corrected chi connectivity index (χ2v) is 12.2. The fourth-order valence-corrected chi connectivity index (χ4v) is 6.36. The van der Waals surface area contributed by atoms with Gasteiger partial charge in [0.1, 0.15) is 12.3 Å². The van der Waals surface area contributed by atoms with Gasteiger partial charge in [-0.25, -0.2) is 13.8 Å². The third-order valence-corrected chi connectivity index (χ3v) is 8.73. The quantitative estimate of drug-likeness (QED) is 0.190. The lowest BCUT2D eigenvalue weighted by atomic mass is 10.1. The lowest BCUT2D eigenvalue weighted by Crippen LogP contribution is -2.39. The Labute approximate surface area is 246 Å². The molecule has 0 unspecified atom stereocenters. The predicted octanol–water partition coefficient (Wildman–Crippen LogP) is 6.03. The van der Waals surface area contributed by atoms with Crippen LogP contribution in [0.1, 0.15) is 33.6 Å².